The first-order valence-corrected chi connectivity index (χ1v) is 6.73. The van der Waals surface area contributed by atoms with Gasteiger partial charge in [0.05, 0.1) is 5.52 Å². The maximum Gasteiger partial charge on any atom is 0.0708 e. The smallest absolute Gasteiger partial charge is 0.0708 e. The van der Waals surface area contributed by atoms with E-state index in [0.717, 1.165) is 17.8 Å². The van der Waals surface area contributed by atoms with Crippen molar-refractivity contribution in [2.24, 2.45) is 5.92 Å². The minimum Gasteiger partial charge on any atom is -0.310 e. The van der Waals surface area contributed by atoms with Crippen LogP contribution in [0.5, 0.6) is 0 Å². The van der Waals surface area contributed by atoms with E-state index in [2.05, 4.69) is 68.3 Å². The predicted molar refractivity (Wildman–Crippen MR) is 77.7 cm³/mol. The highest BCUT2D eigenvalue weighted by Crippen LogP contribution is 2.28. The quantitative estimate of drug-likeness (QED) is 0.881. The van der Waals surface area contributed by atoms with E-state index in [1.54, 1.807) is 0 Å². The number of pyridine rings is 1. The number of aromatic nitrogens is 1. The molecule has 2 nitrogen and oxygen atoms in total. The summed E-state index contributed by atoms with van der Waals surface area (Å²) in [7, 11) is 0. The fourth-order valence-corrected chi connectivity index (χ4v) is 2.52. The third-order valence-electron chi connectivity index (χ3n) is 3.30. The van der Waals surface area contributed by atoms with Crippen LogP contribution in [0.1, 0.15) is 38.1 Å². The molecule has 1 aromatic carbocycles. The Balaban J connectivity index is 2.60. The Hall–Kier alpha value is -1.41. The zero-order valence-electron chi connectivity index (χ0n) is 11.7. The monoisotopic (exact) mass is 242 g/mol. The Morgan fingerprint density at radius 1 is 1.22 bits per heavy atom. The summed E-state index contributed by atoms with van der Waals surface area (Å²) in [5.41, 5.74) is 3.55. The van der Waals surface area contributed by atoms with Crippen molar-refractivity contribution < 1.29 is 0 Å². The molecule has 0 aliphatic rings. The first-order valence-electron chi connectivity index (χ1n) is 6.73. The maximum atomic E-state index is 4.61. The van der Waals surface area contributed by atoms with Crippen LogP contribution in [0.3, 0.4) is 0 Å². The summed E-state index contributed by atoms with van der Waals surface area (Å²) in [6.07, 6.45) is 0. The van der Waals surface area contributed by atoms with Gasteiger partial charge in [-0.05, 0) is 37.1 Å². The highest BCUT2D eigenvalue weighted by atomic mass is 14.9. The van der Waals surface area contributed by atoms with Crippen LogP contribution in [0.2, 0.25) is 0 Å². The largest absolute Gasteiger partial charge is 0.310 e. The van der Waals surface area contributed by atoms with Gasteiger partial charge in [0.25, 0.3) is 0 Å². The molecule has 2 rings (SSSR count). The molecule has 2 heteroatoms. The van der Waals surface area contributed by atoms with Gasteiger partial charge < -0.3 is 5.32 Å². The van der Waals surface area contributed by atoms with Crippen LogP contribution in [0.15, 0.2) is 30.3 Å². The van der Waals surface area contributed by atoms with Crippen molar-refractivity contribution in [2.45, 2.75) is 33.7 Å². The van der Waals surface area contributed by atoms with Crippen LogP contribution in [0.25, 0.3) is 10.9 Å². The summed E-state index contributed by atoms with van der Waals surface area (Å²) in [5.74, 6) is 0.565. The molecule has 0 spiro atoms. The molecule has 18 heavy (non-hydrogen) atoms. The van der Waals surface area contributed by atoms with Gasteiger partial charge in [-0.1, -0.05) is 39.0 Å². The zero-order valence-corrected chi connectivity index (χ0v) is 11.7. The molecule has 1 aromatic heterocycles. The summed E-state index contributed by atoms with van der Waals surface area (Å²) < 4.78 is 0. The van der Waals surface area contributed by atoms with Crippen LogP contribution in [-0.4, -0.2) is 11.5 Å². The summed E-state index contributed by atoms with van der Waals surface area (Å²) in [5, 5.41) is 4.86. The first-order chi connectivity index (χ1) is 8.63. The van der Waals surface area contributed by atoms with Crippen molar-refractivity contribution in [3.63, 3.8) is 0 Å². The Kier molecular flexibility index (Phi) is 3.97. The minimum absolute atomic E-state index is 0.390. The lowest BCUT2D eigenvalue weighted by molar-refractivity contribution is 0.424. The molecule has 2 aromatic rings. The molecule has 0 amide bonds. The normalized spacial score (nSPS) is 13.2. The second-order valence-corrected chi connectivity index (χ2v) is 5.15. The van der Waals surface area contributed by atoms with E-state index in [1.165, 1.54) is 10.9 Å². The van der Waals surface area contributed by atoms with Gasteiger partial charge in [0.1, 0.15) is 0 Å². The highest BCUT2D eigenvalue weighted by molar-refractivity contribution is 5.82. The Labute approximate surface area is 109 Å². The van der Waals surface area contributed by atoms with Crippen molar-refractivity contribution in [1.82, 2.24) is 10.3 Å². The van der Waals surface area contributed by atoms with Crippen molar-refractivity contribution in [3.05, 3.63) is 41.6 Å². The molecule has 0 aliphatic carbocycles. The van der Waals surface area contributed by atoms with Crippen LogP contribution >= 0.6 is 0 Å². The van der Waals surface area contributed by atoms with Crippen molar-refractivity contribution in [1.29, 1.82) is 0 Å². The van der Waals surface area contributed by atoms with Crippen LogP contribution in [0.4, 0.5) is 0 Å². The molecule has 1 unspecified atom stereocenters. The number of nitrogens with zero attached hydrogens (tertiary/aromatic N) is 1. The molecule has 0 saturated heterocycles. The summed E-state index contributed by atoms with van der Waals surface area (Å²) in [6, 6.07) is 11.0. The summed E-state index contributed by atoms with van der Waals surface area (Å²) in [4.78, 5) is 4.61. The molecule has 1 N–H and O–H groups in total. The third kappa shape index (κ3) is 2.54. The Morgan fingerprint density at radius 3 is 2.61 bits per heavy atom. The van der Waals surface area contributed by atoms with Crippen LogP contribution in [-0.2, 0) is 0 Å². The lowest BCUT2D eigenvalue weighted by Crippen LogP contribution is -2.25. The lowest BCUT2D eigenvalue weighted by atomic mass is 9.92. The van der Waals surface area contributed by atoms with Crippen LogP contribution in [0, 0.1) is 12.8 Å². The van der Waals surface area contributed by atoms with Crippen molar-refractivity contribution >= 4 is 10.9 Å². The van der Waals surface area contributed by atoms with Gasteiger partial charge in [0.15, 0.2) is 0 Å². The average molecular weight is 242 g/mol. The van der Waals surface area contributed by atoms with Gasteiger partial charge in [0.2, 0.25) is 0 Å². The molecule has 1 heterocycles. The number of nitrogens with one attached hydrogen (secondary N) is 1. The van der Waals surface area contributed by atoms with Crippen molar-refractivity contribution in [3.8, 4) is 0 Å². The molecule has 0 saturated carbocycles. The molecule has 1 atom stereocenters. The van der Waals surface area contributed by atoms with Gasteiger partial charge >= 0.3 is 0 Å². The Morgan fingerprint density at radius 2 is 1.94 bits per heavy atom. The second kappa shape index (κ2) is 5.49. The van der Waals surface area contributed by atoms with E-state index in [4.69, 9.17) is 0 Å². The molecular weight excluding hydrogens is 220 g/mol. The van der Waals surface area contributed by atoms with E-state index < -0.39 is 0 Å². The van der Waals surface area contributed by atoms with Gasteiger partial charge in [-0.25, -0.2) is 0 Å². The molecule has 0 aliphatic heterocycles. The third-order valence-corrected chi connectivity index (χ3v) is 3.30. The Bertz CT molecular complexity index is 532. The molecule has 96 valence electrons. The van der Waals surface area contributed by atoms with Gasteiger partial charge in [-0.2, -0.15) is 0 Å². The number of fused-ring (bicyclic) bond motifs is 1. The number of hydrogen-bond donors (Lipinski definition) is 1. The predicted octanol–water partition coefficient (Wildman–Crippen LogP) is 3.85. The summed E-state index contributed by atoms with van der Waals surface area (Å²) in [6.45, 7) is 9.74. The number of benzene rings is 1. The lowest BCUT2D eigenvalue weighted by Gasteiger charge is -2.24. The van der Waals surface area contributed by atoms with Gasteiger partial charge in [-0.3, -0.25) is 4.98 Å². The first kappa shape index (κ1) is 13.0. The van der Waals surface area contributed by atoms with E-state index in [0.29, 0.717) is 12.0 Å². The zero-order chi connectivity index (χ0) is 13.1. The molecule has 0 radical (unpaired) electrons. The summed E-state index contributed by atoms with van der Waals surface area (Å²) >= 11 is 0. The average Bonchev–Trinajstić information content (AvgIpc) is 2.34. The van der Waals surface area contributed by atoms with Crippen molar-refractivity contribution in [2.75, 3.05) is 6.54 Å². The van der Waals surface area contributed by atoms with E-state index in [1.807, 2.05) is 0 Å². The van der Waals surface area contributed by atoms with E-state index in [9.17, 15) is 0 Å². The SMILES string of the molecule is CCNC(c1cc(C)nc2ccccc12)C(C)C. The second-order valence-electron chi connectivity index (χ2n) is 5.15. The fourth-order valence-electron chi connectivity index (χ4n) is 2.52. The molecule has 0 bridgehead atoms. The number of rotatable bonds is 4. The highest BCUT2D eigenvalue weighted by Gasteiger charge is 2.17. The molecular formula is C16H22N2. The maximum absolute atomic E-state index is 4.61. The number of para-hydroxylation sites is 1. The topological polar surface area (TPSA) is 24.9 Å². The number of hydrogen-bond acceptors (Lipinski definition) is 2. The van der Waals surface area contributed by atoms with E-state index in [-0.39, 0.29) is 0 Å². The minimum atomic E-state index is 0.390. The van der Waals surface area contributed by atoms with Crippen LogP contribution < -0.4 is 5.32 Å². The molecule has 0 fully saturated rings. The van der Waals surface area contributed by atoms with E-state index >= 15 is 0 Å². The van der Waals surface area contributed by atoms with Gasteiger partial charge in [-0.15, -0.1) is 0 Å². The van der Waals surface area contributed by atoms with Gasteiger partial charge in [0, 0.05) is 17.1 Å². The fraction of sp³-hybridized carbons (Fsp3) is 0.438. The number of aryl methyl sites for hydroxylation is 1. The standard InChI is InChI=1S/C16H22N2/c1-5-17-16(11(2)3)14-10-12(4)18-15-9-7-6-8-13(14)15/h6-11,16-17H,5H2,1-4H3.